The van der Waals surface area contributed by atoms with E-state index in [0.717, 1.165) is 12.1 Å². The van der Waals surface area contributed by atoms with Gasteiger partial charge in [0.2, 0.25) is 5.91 Å². The smallest absolute Gasteiger partial charge is 0.237 e. The van der Waals surface area contributed by atoms with E-state index in [1.54, 1.807) is 0 Å². The molecule has 4 nitrogen and oxygen atoms in total. The molecule has 1 heterocycles. The fourth-order valence-corrected chi connectivity index (χ4v) is 2.53. The first-order chi connectivity index (χ1) is 9.83. The third kappa shape index (κ3) is 5.30. The van der Waals surface area contributed by atoms with Gasteiger partial charge in [-0.3, -0.25) is 4.79 Å². The minimum Gasteiger partial charge on any atom is -0.371 e. The van der Waals surface area contributed by atoms with Crippen LogP contribution < -0.4 is 10.6 Å². The molecule has 0 saturated carbocycles. The highest BCUT2D eigenvalue weighted by Gasteiger charge is 2.32. The molecule has 5 heteroatoms. The Bertz CT molecular complexity index is 482. The Labute approximate surface area is 131 Å². The van der Waals surface area contributed by atoms with E-state index in [1.165, 1.54) is 0 Å². The average Bonchev–Trinajstić information content (AvgIpc) is 2.84. The van der Waals surface area contributed by atoms with Crippen LogP contribution in [0.1, 0.15) is 32.8 Å². The van der Waals surface area contributed by atoms with Crippen LogP contribution in [0, 0.1) is 0 Å². The van der Waals surface area contributed by atoms with Crippen molar-refractivity contribution in [2.45, 2.75) is 51.5 Å². The lowest BCUT2D eigenvalue weighted by molar-refractivity contribution is -0.123. The molecule has 1 aliphatic rings. The van der Waals surface area contributed by atoms with Crippen molar-refractivity contribution in [2.24, 2.45) is 0 Å². The van der Waals surface area contributed by atoms with Crippen LogP contribution in [-0.4, -0.2) is 30.2 Å². The molecular weight excluding hydrogens is 288 g/mol. The van der Waals surface area contributed by atoms with E-state index in [9.17, 15) is 4.79 Å². The van der Waals surface area contributed by atoms with E-state index in [0.29, 0.717) is 18.0 Å². The summed E-state index contributed by atoms with van der Waals surface area (Å²) in [6, 6.07) is 7.30. The second kappa shape index (κ2) is 6.77. The van der Waals surface area contributed by atoms with E-state index in [4.69, 9.17) is 16.3 Å². The lowest BCUT2D eigenvalue weighted by Crippen LogP contribution is -2.40. The molecule has 1 saturated heterocycles. The summed E-state index contributed by atoms with van der Waals surface area (Å²) < 4.78 is 5.90. The summed E-state index contributed by atoms with van der Waals surface area (Å²) in [4.78, 5) is 12.1. The molecule has 0 spiro atoms. The zero-order valence-corrected chi connectivity index (χ0v) is 13.5. The molecule has 0 aliphatic carbocycles. The highest BCUT2D eigenvalue weighted by atomic mass is 35.5. The first-order valence-electron chi connectivity index (χ1n) is 7.27. The van der Waals surface area contributed by atoms with Gasteiger partial charge < -0.3 is 15.4 Å². The number of nitrogens with one attached hydrogen (secondary N) is 2. The maximum absolute atomic E-state index is 12.1. The third-order valence-electron chi connectivity index (χ3n) is 3.31. The first-order valence-corrected chi connectivity index (χ1v) is 7.65. The number of hydrogen-bond donors (Lipinski definition) is 2. The number of ether oxygens (including phenoxy) is 1. The molecule has 1 aliphatic heterocycles. The van der Waals surface area contributed by atoms with Gasteiger partial charge in [-0.25, -0.2) is 0 Å². The van der Waals surface area contributed by atoms with Crippen LogP contribution in [0.2, 0.25) is 5.02 Å². The summed E-state index contributed by atoms with van der Waals surface area (Å²) in [6.07, 6.45) is 0.806. The largest absolute Gasteiger partial charge is 0.371 e. The van der Waals surface area contributed by atoms with E-state index in [-0.39, 0.29) is 23.7 Å². The molecule has 0 unspecified atom stereocenters. The standard InChI is InChI=1S/C16H23ClN2O2/c1-16(2,3)21-13-8-14(18-10-13)15(20)19-9-11-4-6-12(17)7-5-11/h4-7,13-14,18H,8-10H2,1-3H3,(H,19,20)/t13-,14+/m1/s1. The van der Waals surface area contributed by atoms with E-state index in [1.807, 2.05) is 45.0 Å². The van der Waals surface area contributed by atoms with Gasteiger partial charge >= 0.3 is 0 Å². The SMILES string of the molecule is CC(C)(C)O[C@H]1CN[C@H](C(=O)NCc2ccc(Cl)cc2)C1. The van der Waals surface area contributed by atoms with E-state index >= 15 is 0 Å². The highest BCUT2D eigenvalue weighted by Crippen LogP contribution is 2.18. The molecule has 2 rings (SSSR count). The van der Waals surface area contributed by atoms with Crippen molar-refractivity contribution >= 4 is 17.5 Å². The number of hydrogen-bond acceptors (Lipinski definition) is 3. The van der Waals surface area contributed by atoms with Gasteiger partial charge in [-0.15, -0.1) is 0 Å². The summed E-state index contributed by atoms with van der Waals surface area (Å²) in [5.74, 6) is 0.0185. The molecule has 0 bridgehead atoms. The summed E-state index contributed by atoms with van der Waals surface area (Å²) in [6.45, 7) is 7.32. The first kappa shape index (κ1) is 16.3. The molecule has 116 valence electrons. The summed E-state index contributed by atoms with van der Waals surface area (Å²) in [5, 5.41) is 6.86. The Morgan fingerprint density at radius 1 is 1.38 bits per heavy atom. The molecule has 1 amide bonds. The fraction of sp³-hybridized carbons (Fsp3) is 0.562. The van der Waals surface area contributed by atoms with Crippen molar-refractivity contribution in [1.29, 1.82) is 0 Å². The molecule has 2 atom stereocenters. The van der Waals surface area contributed by atoms with Crippen molar-refractivity contribution in [1.82, 2.24) is 10.6 Å². The van der Waals surface area contributed by atoms with Crippen LogP contribution in [0.4, 0.5) is 0 Å². The molecule has 0 radical (unpaired) electrons. The second-order valence-corrected chi connectivity index (χ2v) is 6.83. The molecule has 2 N–H and O–H groups in total. The molecule has 21 heavy (non-hydrogen) atoms. The Morgan fingerprint density at radius 2 is 2.05 bits per heavy atom. The van der Waals surface area contributed by atoms with Crippen LogP contribution in [0.5, 0.6) is 0 Å². The van der Waals surface area contributed by atoms with Gasteiger partial charge in [0.05, 0.1) is 17.7 Å². The van der Waals surface area contributed by atoms with Crippen molar-refractivity contribution in [2.75, 3.05) is 6.54 Å². The van der Waals surface area contributed by atoms with Crippen molar-refractivity contribution in [3.8, 4) is 0 Å². The number of rotatable bonds is 4. The lowest BCUT2D eigenvalue weighted by atomic mass is 10.1. The number of carbonyl (C=O) groups excluding carboxylic acids is 1. The van der Waals surface area contributed by atoms with Gasteiger partial charge in [-0.2, -0.15) is 0 Å². The van der Waals surface area contributed by atoms with Crippen molar-refractivity contribution in [3.63, 3.8) is 0 Å². The number of benzene rings is 1. The Hall–Kier alpha value is -1.10. The zero-order chi connectivity index (χ0) is 15.5. The molecule has 1 aromatic carbocycles. The number of halogens is 1. The molecule has 0 aromatic heterocycles. The normalized spacial score (nSPS) is 22.3. The van der Waals surface area contributed by atoms with Crippen LogP contribution in [0.25, 0.3) is 0 Å². The van der Waals surface area contributed by atoms with E-state index in [2.05, 4.69) is 10.6 Å². The van der Waals surface area contributed by atoms with Crippen LogP contribution in [0.3, 0.4) is 0 Å². The lowest BCUT2D eigenvalue weighted by Gasteiger charge is -2.24. The molecule has 1 aromatic rings. The fourth-order valence-electron chi connectivity index (χ4n) is 2.41. The van der Waals surface area contributed by atoms with Crippen LogP contribution >= 0.6 is 11.6 Å². The van der Waals surface area contributed by atoms with Crippen LogP contribution in [-0.2, 0) is 16.1 Å². The maximum Gasteiger partial charge on any atom is 0.237 e. The quantitative estimate of drug-likeness (QED) is 0.898. The van der Waals surface area contributed by atoms with Gasteiger partial charge in [0.25, 0.3) is 0 Å². The van der Waals surface area contributed by atoms with Crippen molar-refractivity contribution < 1.29 is 9.53 Å². The van der Waals surface area contributed by atoms with Crippen LogP contribution in [0.15, 0.2) is 24.3 Å². The third-order valence-corrected chi connectivity index (χ3v) is 3.56. The van der Waals surface area contributed by atoms with E-state index < -0.39 is 0 Å². The maximum atomic E-state index is 12.1. The minimum atomic E-state index is -0.180. The Kier molecular flexibility index (Phi) is 5.25. The van der Waals surface area contributed by atoms with Gasteiger partial charge in [0, 0.05) is 18.1 Å². The van der Waals surface area contributed by atoms with Gasteiger partial charge in [0.1, 0.15) is 0 Å². The highest BCUT2D eigenvalue weighted by molar-refractivity contribution is 6.30. The molecule has 1 fully saturated rings. The zero-order valence-electron chi connectivity index (χ0n) is 12.8. The van der Waals surface area contributed by atoms with Gasteiger partial charge in [-0.1, -0.05) is 23.7 Å². The Morgan fingerprint density at radius 3 is 2.67 bits per heavy atom. The van der Waals surface area contributed by atoms with Crippen molar-refractivity contribution in [3.05, 3.63) is 34.9 Å². The predicted octanol–water partition coefficient (Wildman–Crippen LogP) is 2.50. The monoisotopic (exact) mass is 310 g/mol. The number of carbonyl (C=O) groups is 1. The Balaban J connectivity index is 1.78. The topological polar surface area (TPSA) is 50.4 Å². The average molecular weight is 311 g/mol. The predicted molar refractivity (Wildman–Crippen MR) is 84.3 cm³/mol. The minimum absolute atomic E-state index is 0.0185. The summed E-state index contributed by atoms with van der Waals surface area (Å²) in [5.41, 5.74) is 0.856. The summed E-state index contributed by atoms with van der Waals surface area (Å²) >= 11 is 5.84. The van der Waals surface area contributed by atoms with Gasteiger partial charge in [-0.05, 0) is 44.9 Å². The number of amides is 1. The van der Waals surface area contributed by atoms with Gasteiger partial charge in [0.15, 0.2) is 0 Å². The summed E-state index contributed by atoms with van der Waals surface area (Å²) in [7, 11) is 0. The second-order valence-electron chi connectivity index (χ2n) is 6.39. The molecular formula is C16H23ClN2O2.